The number of hydrogen-bond donors (Lipinski definition) is 1. The molecule has 1 saturated heterocycles. The average Bonchev–Trinajstić information content (AvgIpc) is 2.90. The van der Waals surface area contributed by atoms with Crippen LogP contribution in [0.4, 0.5) is 0 Å². The van der Waals surface area contributed by atoms with E-state index in [1.165, 1.54) is 17.5 Å². The molecule has 3 heteroatoms. The molecule has 1 aliphatic heterocycles. The fraction of sp³-hybridized carbons (Fsp3) is 0.647. The van der Waals surface area contributed by atoms with E-state index in [1.54, 1.807) is 7.11 Å². The fourth-order valence-electron chi connectivity index (χ4n) is 2.93. The van der Waals surface area contributed by atoms with Gasteiger partial charge in [0, 0.05) is 26.8 Å². The molecule has 2 atom stereocenters. The normalized spacial score (nSPS) is 22.6. The summed E-state index contributed by atoms with van der Waals surface area (Å²) in [5.41, 5.74) is 2.55. The van der Waals surface area contributed by atoms with Crippen molar-refractivity contribution < 1.29 is 9.47 Å². The summed E-state index contributed by atoms with van der Waals surface area (Å²) in [6.07, 6.45) is 1.61. The summed E-state index contributed by atoms with van der Waals surface area (Å²) < 4.78 is 10.9. The van der Waals surface area contributed by atoms with E-state index in [0.29, 0.717) is 24.5 Å². The van der Waals surface area contributed by atoms with Crippen LogP contribution >= 0.6 is 0 Å². The minimum atomic E-state index is 0.423. The van der Waals surface area contributed by atoms with Crippen molar-refractivity contribution in [2.75, 3.05) is 20.3 Å². The Labute approximate surface area is 122 Å². The molecule has 1 aromatic rings. The summed E-state index contributed by atoms with van der Waals surface area (Å²) in [4.78, 5) is 0. The summed E-state index contributed by atoms with van der Waals surface area (Å²) in [5.74, 6) is 1.26. The van der Waals surface area contributed by atoms with Crippen molar-refractivity contribution in [3.8, 4) is 0 Å². The van der Waals surface area contributed by atoms with E-state index in [-0.39, 0.29) is 0 Å². The molecular weight excluding hydrogens is 250 g/mol. The third-order valence-corrected chi connectivity index (χ3v) is 3.99. The molecule has 0 spiro atoms. The third kappa shape index (κ3) is 4.30. The number of ether oxygens (including phenoxy) is 2. The Hall–Kier alpha value is -0.900. The zero-order chi connectivity index (χ0) is 14.4. The minimum Gasteiger partial charge on any atom is -0.380 e. The van der Waals surface area contributed by atoms with Crippen LogP contribution in [0.1, 0.15) is 31.4 Å². The van der Waals surface area contributed by atoms with E-state index in [1.807, 2.05) is 0 Å². The first kappa shape index (κ1) is 15.5. The topological polar surface area (TPSA) is 30.5 Å². The number of methoxy groups -OCH3 is 1. The second kappa shape index (κ2) is 7.77. The van der Waals surface area contributed by atoms with Crippen LogP contribution < -0.4 is 5.32 Å². The second-order valence-corrected chi connectivity index (χ2v) is 6.01. The first-order chi connectivity index (χ1) is 9.70. The molecule has 2 rings (SSSR count). The first-order valence-electron chi connectivity index (χ1n) is 7.59. The maximum Gasteiger partial charge on any atom is 0.0713 e. The number of nitrogens with one attached hydrogen (secondary N) is 1. The standard InChI is InChI=1S/C17H27NO2/c1-13(2)17-16(8-9-20-17)11-18-10-14-4-6-15(7-5-14)12-19-3/h4-7,13,16-18H,8-12H2,1-3H3/t16-,17-/m1/s1. The molecule has 0 unspecified atom stereocenters. The molecule has 20 heavy (non-hydrogen) atoms. The van der Waals surface area contributed by atoms with Gasteiger partial charge in [0.15, 0.2) is 0 Å². The van der Waals surface area contributed by atoms with Gasteiger partial charge in [-0.15, -0.1) is 0 Å². The molecule has 1 fully saturated rings. The largest absolute Gasteiger partial charge is 0.380 e. The van der Waals surface area contributed by atoms with Gasteiger partial charge >= 0.3 is 0 Å². The van der Waals surface area contributed by atoms with Gasteiger partial charge in [0.1, 0.15) is 0 Å². The van der Waals surface area contributed by atoms with Gasteiger partial charge in [-0.1, -0.05) is 38.1 Å². The average molecular weight is 277 g/mol. The summed E-state index contributed by atoms with van der Waals surface area (Å²) in [5, 5.41) is 3.57. The van der Waals surface area contributed by atoms with Gasteiger partial charge in [0.05, 0.1) is 12.7 Å². The highest BCUT2D eigenvalue weighted by Crippen LogP contribution is 2.26. The molecule has 112 valence electrons. The van der Waals surface area contributed by atoms with Crippen LogP contribution in [0.25, 0.3) is 0 Å². The van der Waals surface area contributed by atoms with Crippen LogP contribution in [0.2, 0.25) is 0 Å². The van der Waals surface area contributed by atoms with Crippen molar-refractivity contribution in [2.24, 2.45) is 11.8 Å². The van der Waals surface area contributed by atoms with Gasteiger partial charge in [0.2, 0.25) is 0 Å². The monoisotopic (exact) mass is 277 g/mol. The lowest BCUT2D eigenvalue weighted by Gasteiger charge is -2.22. The van der Waals surface area contributed by atoms with E-state index in [2.05, 4.69) is 43.4 Å². The van der Waals surface area contributed by atoms with Crippen molar-refractivity contribution in [1.29, 1.82) is 0 Å². The zero-order valence-electron chi connectivity index (χ0n) is 12.9. The lowest BCUT2D eigenvalue weighted by Crippen LogP contribution is -2.31. The molecule has 1 aliphatic rings. The van der Waals surface area contributed by atoms with Crippen LogP contribution in [0.5, 0.6) is 0 Å². The smallest absolute Gasteiger partial charge is 0.0713 e. The first-order valence-corrected chi connectivity index (χ1v) is 7.59. The predicted molar refractivity (Wildman–Crippen MR) is 81.5 cm³/mol. The highest BCUT2D eigenvalue weighted by molar-refractivity contribution is 5.21. The minimum absolute atomic E-state index is 0.423. The maximum absolute atomic E-state index is 5.82. The van der Waals surface area contributed by atoms with Crippen molar-refractivity contribution >= 4 is 0 Å². The quantitative estimate of drug-likeness (QED) is 0.831. The fourth-order valence-corrected chi connectivity index (χ4v) is 2.93. The van der Waals surface area contributed by atoms with Crippen molar-refractivity contribution in [1.82, 2.24) is 5.32 Å². The summed E-state index contributed by atoms with van der Waals surface area (Å²) in [6.45, 7) is 8.07. The van der Waals surface area contributed by atoms with E-state index in [9.17, 15) is 0 Å². The lowest BCUT2D eigenvalue weighted by molar-refractivity contribution is 0.0539. The molecule has 0 amide bonds. The van der Waals surface area contributed by atoms with E-state index < -0.39 is 0 Å². The maximum atomic E-state index is 5.82. The van der Waals surface area contributed by atoms with Crippen molar-refractivity contribution in [2.45, 2.75) is 39.5 Å². The van der Waals surface area contributed by atoms with Crippen LogP contribution in [0.3, 0.4) is 0 Å². The third-order valence-electron chi connectivity index (χ3n) is 3.99. The van der Waals surface area contributed by atoms with Crippen LogP contribution in [-0.4, -0.2) is 26.4 Å². The van der Waals surface area contributed by atoms with Gasteiger partial charge in [-0.2, -0.15) is 0 Å². The summed E-state index contributed by atoms with van der Waals surface area (Å²) in [7, 11) is 1.73. The highest BCUT2D eigenvalue weighted by Gasteiger charge is 2.29. The molecule has 0 saturated carbocycles. The Morgan fingerprint density at radius 1 is 1.25 bits per heavy atom. The van der Waals surface area contributed by atoms with Gasteiger partial charge in [-0.25, -0.2) is 0 Å². The molecule has 0 radical (unpaired) electrons. The Morgan fingerprint density at radius 3 is 2.60 bits per heavy atom. The van der Waals surface area contributed by atoms with Gasteiger partial charge in [-0.05, 0) is 29.4 Å². The number of benzene rings is 1. The molecule has 1 N–H and O–H groups in total. The molecule has 1 aromatic carbocycles. The molecule has 0 bridgehead atoms. The molecular formula is C17H27NO2. The predicted octanol–water partition coefficient (Wildman–Crippen LogP) is 2.98. The molecule has 3 nitrogen and oxygen atoms in total. The number of rotatable bonds is 7. The second-order valence-electron chi connectivity index (χ2n) is 6.01. The van der Waals surface area contributed by atoms with Crippen LogP contribution in [0.15, 0.2) is 24.3 Å². The van der Waals surface area contributed by atoms with Crippen LogP contribution in [-0.2, 0) is 22.6 Å². The van der Waals surface area contributed by atoms with E-state index >= 15 is 0 Å². The highest BCUT2D eigenvalue weighted by atomic mass is 16.5. The van der Waals surface area contributed by atoms with Crippen molar-refractivity contribution in [3.05, 3.63) is 35.4 Å². The Bertz CT molecular complexity index is 388. The Morgan fingerprint density at radius 2 is 1.95 bits per heavy atom. The molecule has 0 aliphatic carbocycles. The van der Waals surface area contributed by atoms with E-state index in [4.69, 9.17) is 9.47 Å². The molecule has 1 heterocycles. The Balaban J connectivity index is 1.75. The number of hydrogen-bond acceptors (Lipinski definition) is 3. The Kier molecular flexibility index (Phi) is 6.02. The lowest BCUT2D eigenvalue weighted by atomic mass is 9.93. The SMILES string of the molecule is COCc1ccc(CNC[C@H]2CCO[C@@H]2C(C)C)cc1. The molecule has 0 aromatic heterocycles. The van der Waals surface area contributed by atoms with Crippen LogP contribution in [0, 0.1) is 11.8 Å². The van der Waals surface area contributed by atoms with Crippen molar-refractivity contribution in [3.63, 3.8) is 0 Å². The van der Waals surface area contributed by atoms with Gasteiger partial charge < -0.3 is 14.8 Å². The zero-order valence-corrected chi connectivity index (χ0v) is 12.9. The van der Waals surface area contributed by atoms with Gasteiger partial charge in [0.25, 0.3) is 0 Å². The van der Waals surface area contributed by atoms with E-state index in [0.717, 1.165) is 19.7 Å². The van der Waals surface area contributed by atoms with Gasteiger partial charge in [-0.3, -0.25) is 0 Å². The summed E-state index contributed by atoms with van der Waals surface area (Å²) >= 11 is 0. The summed E-state index contributed by atoms with van der Waals surface area (Å²) in [6, 6.07) is 8.62.